The van der Waals surface area contributed by atoms with Gasteiger partial charge in [0.15, 0.2) is 0 Å². The molecule has 0 fully saturated rings. The van der Waals surface area contributed by atoms with Crippen LogP contribution in [0.2, 0.25) is 0 Å². The van der Waals surface area contributed by atoms with Gasteiger partial charge >= 0.3 is 0 Å². The maximum atomic E-state index is 6.28. The summed E-state index contributed by atoms with van der Waals surface area (Å²) < 4.78 is 8.93. The average Bonchev–Trinajstić information content (AvgIpc) is 1.05. The molecule has 120 heavy (non-hydrogen) atoms. The zero-order valence-corrected chi connectivity index (χ0v) is 66.3. The van der Waals surface area contributed by atoms with Gasteiger partial charge in [-0.05, 0) is 221 Å². The van der Waals surface area contributed by atoms with Crippen molar-refractivity contribution >= 4 is 174 Å². The van der Waals surface area contributed by atoms with Crippen molar-refractivity contribution in [3.63, 3.8) is 0 Å². The van der Waals surface area contributed by atoms with E-state index in [0.29, 0.717) is 0 Å². The second-order valence-electron chi connectivity index (χ2n) is 31.2. The minimum atomic E-state index is 0.900. The minimum absolute atomic E-state index is 0.900. The molecule has 560 valence electrons. The summed E-state index contributed by atoms with van der Waals surface area (Å²) in [7, 11) is 0. The lowest BCUT2D eigenvalue weighted by molar-refractivity contribution is 0.669. The Morgan fingerprint density at radius 3 is 0.908 bits per heavy atom. The highest BCUT2D eigenvalue weighted by molar-refractivity contribution is 7.26. The van der Waals surface area contributed by atoms with Crippen molar-refractivity contribution in [1.29, 1.82) is 0 Å². The number of rotatable bonds is 12. The number of hydrogen-bond donors (Lipinski definition) is 0. The second-order valence-corrected chi connectivity index (χ2v) is 32.2. The van der Waals surface area contributed by atoms with Crippen molar-refractivity contribution in [2.75, 3.05) is 9.80 Å². The predicted octanol–water partition coefficient (Wildman–Crippen LogP) is 33.8. The number of fused-ring (bicyclic) bond motifs is 18. The van der Waals surface area contributed by atoms with E-state index < -0.39 is 0 Å². The van der Waals surface area contributed by atoms with Gasteiger partial charge in [0.2, 0.25) is 0 Å². The summed E-state index contributed by atoms with van der Waals surface area (Å²) in [6.07, 6.45) is 0. The van der Waals surface area contributed by atoms with Crippen LogP contribution in [0.5, 0.6) is 0 Å². The van der Waals surface area contributed by atoms with E-state index in [-0.39, 0.29) is 0 Å². The van der Waals surface area contributed by atoms with E-state index in [4.69, 9.17) is 4.42 Å². The molecular formula is C116H74N2OS. The Kier molecular flexibility index (Phi) is 17.1. The SMILES string of the molecule is c1ccc(-c2c(-c3ccc(N(c4ccc(-c5cccc6c5sc5ccccc56)cc4)c4cc5ccccc5c5ccccc45)cc3)c3ccccc3c3ccccc23)cc1.c1ccc(-c2c(-c3ccc(N(c4ccc(-c5cccc6oc7ccccc7c56)cc4)c4cc5ccccc5c5ccccc45)cc3)c3ccccc3c3ccccc23)cc1. The maximum Gasteiger partial charge on any atom is 0.136 e. The molecule has 0 amide bonds. The van der Waals surface area contributed by atoms with Crippen molar-refractivity contribution in [2.24, 2.45) is 0 Å². The molecule has 3 nitrogen and oxygen atoms in total. The molecule has 0 aliphatic heterocycles. The van der Waals surface area contributed by atoms with Gasteiger partial charge in [0.1, 0.15) is 11.2 Å². The predicted molar refractivity (Wildman–Crippen MR) is 515 cm³/mol. The van der Waals surface area contributed by atoms with Crippen molar-refractivity contribution in [3.05, 3.63) is 449 Å². The van der Waals surface area contributed by atoms with Crippen molar-refractivity contribution in [3.8, 4) is 66.8 Å². The van der Waals surface area contributed by atoms with E-state index in [1.54, 1.807) is 0 Å². The number of para-hydroxylation sites is 1. The van der Waals surface area contributed by atoms with E-state index in [9.17, 15) is 0 Å². The van der Waals surface area contributed by atoms with Gasteiger partial charge in [0, 0.05) is 64.5 Å². The molecule has 0 aliphatic carbocycles. The van der Waals surface area contributed by atoms with E-state index in [1.165, 1.54) is 162 Å². The second kappa shape index (κ2) is 29.4. The van der Waals surface area contributed by atoms with Crippen LogP contribution in [0, 0.1) is 0 Å². The van der Waals surface area contributed by atoms with Crippen LogP contribution >= 0.6 is 11.3 Å². The number of benzene rings is 22. The number of thiophene rings is 1. The molecule has 0 saturated heterocycles. The number of furan rings is 1. The van der Waals surface area contributed by atoms with Crippen LogP contribution in [0.15, 0.2) is 453 Å². The zero-order valence-electron chi connectivity index (χ0n) is 65.4. The van der Waals surface area contributed by atoms with Crippen LogP contribution < -0.4 is 9.80 Å². The fraction of sp³-hybridized carbons (Fsp3) is 0. The Hall–Kier alpha value is -15.5. The fourth-order valence-electron chi connectivity index (χ4n) is 19.1. The van der Waals surface area contributed by atoms with Crippen LogP contribution in [0.1, 0.15) is 0 Å². The van der Waals surface area contributed by atoms with Crippen molar-refractivity contribution in [2.45, 2.75) is 0 Å². The van der Waals surface area contributed by atoms with Gasteiger partial charge in [-0.3, -0.25) is 0 Å². The Bertz CT molecular complexity index is 8120. The summed E-state index contributed by atoms with van der Waals surface area (Å²) >= 11 is 1.88. The maximum absolute atomic E-state index is 6.28. The van der Waals surface area contributed by atoms with Crippen LogP contribution in [0.25, 0.3) is 195 Å². The van der Waals surface area contributed by atoms with Gasteiger partial charge in [-0.2, -0.15) is 0 Å². The molecule has 4 heteroatoms. The van der Waals surface area contributed by atoms with Gasteiger partial charge in [-0.1, -0.05) is 370 Å². The van der Waals surface area contributed by atoms with Crippen LogP contribution in [0.3, 0.4) is 0 Å². The lowest BCUT2D eigenvalue weighted by Gasteiger charge is -2.28. The highest BCUT2D eigenvalue weighted by atomic mass is 32.1. The Labute approximate surface area is 698 Å². The smallest absolute Gasteiger partial charge is 0.136 e. The first kappa shape index (κ1) is 70.0. The molecule has 0 atom stereocenters. The topological polar surface area (TPSA) is 19.6 Å². The molecule has 2 heterocycles. The quantitative estimate of drug-likeness (QED) is 0.114. The molecule has 0 N–H and O–H groups in total. The highest BCUT2D eigenvalue weighted by Crippen LogP contribution is 2.52. The Balaban J connectivity index is 0.000000140. The number of nitrogens with zero attached hydrogens (tertiary/aromatic N) is 2. The summed E-state index contributed by atoms with van der Waals surface area (Å²) in [5.74, 6) is 0. The molecule has 0 bridgehead atoms. The first-order valence-corrected chi connectivity index (χ1v) is 42.0. The fourth-order valence-corrected chi connectivity index (χ4v) is 20.3. The third kappa shape index (κ3) is 11.9. The standard InChI is InChI=1S/C58H37NO.C58H37NS/c1-2-15-39(16-3-1)56-50-23-10-7-20-47(50)48-21-8-11-24-51(48)57(56)40-31-35-43(36-32-40)59(53-37-41-17-4-5-18-44(41)46-19-6-9-22-49(46)53)42-33-29-38(30-34-42)45-26-14-28-55-58(45)52-25-12-13-27-54(52)60-55;1-2-15-39(16-3-1)56-51-24-10-7-20-47(51)48-21-8-11-25-52(48)57(56)40-31-35-43(36-32-40)59(54-37-41-17-4-5-18-44(41)46-19-6-9-22-49(46)54)42-33-29-38(30-34-42)45-26-14-27-53-50-23-12-13-28-55(50)60-58(45)53/h2*1-37H. The first-order chi connectivity index (χ1) is 59.6. The summed E-state index contributed by atoms with van der Waals surface area (Å²) in [5.41, 5.74) is 23.1. The van der Waals surface area contributed by atoms with Gasteiger partial charge in [0.25, 0.3) is 0 Å². The Morgan fingerprint density at radius 2 is 0.475 bits per heavy atom. The molecular weight excluding hydrogens is 1470 g/mol. The molecule has 22 aromatic carbocycles. The molecule has 0 saturated carbocycles. The third-order valence-corrected chi connectivity index (χ3v) is 25.7. The van der Waals surface area contributed by atoms with E-state index in [2.05, 4.69) is 447 Å². The van der Waals surface area contributed by atoms with Gasteiger partial charge in [-0.15, -0.1) is 11.3 Å². The van der Waals surface area contributed by atoms with Gasteiger partial charge in [0.05, 0.1) is 11.4 Å². The third-order valence-electron chi connectivity index (χ3n) is 24.5. The van der Waals surface area contributed by atoms with E-state index in [1.807, 2.05) is 23.5 Å². The van der Waals surface area contributed by atoms with E-state index >= 15 is 0 Å². The van der Waals surface area contributed by atoms with Gasteiger partial charge in [-0.25, -0.2) is 0 Å². The number of anilines is 6. The van der Waals surface area contributed by atoms with E-state index in [0.717, 1.165) is 67.2 Å². The largest absolute Gasteiger partial charge is 0.456 e. The molecule has 2 aromatic heterocycles. The monoisotopic (exact) mass is 1540 g/mol. The zero-order chi connectivity index (χ0) is 79.1. The van der Waals surface area contributed by atoms with Crippen LogP contribution in [-0.4, -0.2) is 0 Å². The lowest BCUT2D eigenvalue weighted by atomic mass is 9.85. The van der Waals surface area contributed by atoms with Crippen LogP contribution in [-0.2, 0) is 0 Å². The summed E-state index contributed by atoms with van der Waals surface area (Å²) in [5, 5.41) is 24.8. The summed E-state index contributed by atoms with van der Waals surface area (Å²) in [6.45, 7) is 0. The summed E-state index contributed by atoms with van der Waals surface area (Å²) in [6, 6.07) is 164. The lowest BCUT2D eigenvalue weighted by Crippen LogP contribution is -2.10. The normalized spacial score (nSPS) is 11.7. The first-order valence-electron chi connectivity index (χ1n) is 41.2. The molecule has 24 rings (SSSR count). The van der Waals surface area contributed by atoms with Crippen LogP contribution in [0.4, 0.5) is 34.1 Å². The summed E-state index contributed by atoms with van der Waals surface area (Å²) in [4.78, 5) is 4.87. The van der Waals surface area contributed by atoms with Crippen molar-refractivity contribution in [1.82, 2.24) is 0 Å². The number of hydrogen-bond acceptors (Lipinski definition) is 4. The minimum Gasteiger partial charge on any atom is -0.456 e. The van der Waals surface area contributed by atoms with Gasteiger partial charge < -0.3 is 14.2 Å². The molecule has 24 aromatic rings. The average molecular weight is 1540 g/mol. The Morgan fingerprint density at radius 1 is 0.183 bits per heavy atom. The molecule has 0 spiro atoms. The van der Waals surface area contributed by atoms with Crippen molar-refractivity contribution < 1.29 is 4.42 Å². The molecule has 0 radical (unpaired) electrons. The molecule has 0 aliphatic rings. The molecule has 0 unspecified atom stereocenters. The highest BCUT2D eigenvalue weighted by Gasteiger charge is 2.25.